The number of nitrogens with zero attached hydrogens (tertiary/aromatic N) is 2. The fraction of sp³-hybridized carbons (Fsp3) is 0.231. The molecule has 0 radical (unpaired) electrons. The van der Waals surface area contributed by atoms with Gasteiger partial charge in [0.25, 0.3) is 0 Å². The monoisotopic (exact) mass is 390 g/mol. The van der Waals surface area contributed by atoms with Crippen LogP contribution >= 0.6 is 0 Å². The molecule has 0 spiro atoms. The van der Waals surface area contributed by atoms with Gasteiger partial charge in [0.05, 0.1) is 5.69 Å². The standard InChI is InChI=1S/C26H23BN2O/c27-26(12-4-1-5-13-26)18-10-11-22(29-16-18)21-15-17-7-2-3-8-19(17)23-20-9-6-14-28-25(20)30-24(21)23/h2-3,6-11,14-16H,1,4-5,12-13,27H2. The van der Waals surface area contributed by atoms with Gasteiger partial charge in [-0.15, -0.1) is 0 Å². The fourth-order valence-corrected chi connectivity index (χ4v) is 5.18. The SMILES string of the molecule is BC1(c2ccc(-c3cc4ccccc4c4c3oc3ncccc34)nc2)CCCCC1. The zero-order chi connectivity index (χ0) is 20.1. The molecular formula is C26H23BN2O. The first-order valence-corrected chi connectivity index (χ1v) is 10.9. The van der Waals surface area contributed by atoms with Crippen LogP contribution in [0.1, 0.15) is 37.7 Å². The van der Waals surface area contributed by atoms with Crippen LogP contribution in [0.5, 0.6) is 0 Å². The zero-order valence-corrected chi connectivity index (χ0v) is 17.2. The van der Waals surface area contributed by atoms with Crippen LogP contribution in [0.2, 0.25) is 0 Å². The summed E-state index contributed by atoms with van der Waals surface area (Å²) < 4.78 is 6.26. The third-order valence-electron chi connectivity index (χ3n) is 6.93. The van der Waals surface area contributed by atoms with Crippen molar-refractivity contribution in [2.75, 3.05) is 0 Å². The van der Waals surface area contributed by atoms with Crippen LogP contribution in [-0.2, 0) is 5.31 Å². The van der Waals surface area contributed by atoms with Crippen LogP contribution in [0.4, 0.5) is 0 Å². The lowest BCUT2D eigenvalue weighted by atomic mass is 9.57. The number of rotatable bonds is 2. The Kier molecular flexibility index (Phi) is 3.95. The Morgan fingerprint density at radius 1 is 0.867 bits per heavy atom. The first kappa shape index (κ1) is 17.7. The second-order valence-corrected chi connectivity index (χ2v) is 8.86. The van der Waals surface area contributed by atoms with Gasteiger partial charge in [-0.25, -0.2) is 4.98 Å². The van der Waals surface area contributed by atoms with E-state index in [0.29, 0.717) is 5.71 Å². The second kappa shape index (κ2) is 6.70. The zero-order valence-electron chi connectivity index (χ0n) is 17.2. The highest BCUT2D eigenvalue weighted by molar-refractivity contribution is 6.21. The minimum Gasteiger partial charge on any atom is -0.437 e. The van der Waals surface area contributed by atoms with Gasteiger partial charge < -0.3 is 4.42 Å². The molecule has 0 amide bonds. The molecule has 1 saturated carbocycles. The second-order valence-electron chi connectivity index (χ2n) is 8.86. The summed E-state index contributed by atoms with van der Waals surface area (Å²) >= 11 is 0. The number of benzene rings is 2. The van der Waals surface area contributed by atoms with Crippen molar-refractivity contribution in [1.82, 2.24) is 9.97 Å². The maximum atomic E-state index is 6.26. The van der Waals surface area contributed by atoms with Gasteiger partial charge in [0.15, 0.2) is 0 Å². The highest BCUT2D eigenvalue weighted by Crippen LogP contribution is 2.41. The number of hydrogen-bond acceptors (Lipinski definition) is 3. The van der Waals surface area contributed by atoms with Crippen molar-refractivity contribution in [2.45, 2.75) is 37.4 Å². The summed E-state index contributed by atoms with van der Waals surface area (Å²) in [5.41, 5.74) is 4.88. The minimum absolute atomic E-state index is 0.256. The summed E-state index contributed by atoms with van der Waals surface area (Å²) in [6, 6.07) is 19.2. The number of furan rings is 1. The van der Waals surface area contributed by atoms with E-state index in [0.717, 1.165) is 27.6 Å². The molecule has 1 aliphatic rings. The van der Waals surface area contributed by atoms with E-state index in [1.807, 2.05) is 6.07 Å². The van der Waals surface area contributed by atoms with Crippen LogP contribution in [0.15, 0.2) is 71.4 Å². The molecule has 6 rings (SSSR count). The van der Waals surface area contributed by atoms with E-state index >= 15 is 0 Å². The summed E-state index contributed by atoms with van der Waals surface area (Å²) in [5, 5.41) is 4.81. The Morgan fingerprint density at radius 3 is 2.53 bits per heavy atom. The lowest BCUT2D eigenvalue weighted by Crippen LogP contribution is -2.29. The molecule has 1 fully saturated rings. The molecule has 4 heteroatoms. The van der Waals surface area contributed by atoms with Crippen molar-refractivity contribution >= 4 is 40.7 Å². The molecule has 0 aliphatic heterocycles. The largest absolute Gasteiger partial charge is 0.437 e. The molecule has 3 heterocycles. The Morgan fingerprint density at radius 2 is 1.70 bits per heavy atom. The van der Waals surface area contributed by atoms with Crippen molar-refractivity contribution in [2.24, 2.45) is 0 Å². The van der Waals surface area contributed by atoms with Crippen LogP contribution in [0.25, 0.3) is 44.1 Å². The van der Waals surface area contributed by atoms with Crippen molar-refractivity contribution < 1.29 is 4.42 Å². The van der Waals surface area contributed by atoms with E-state index in [-0.39, 0.29) is 5.31 Å². The van der Waals surface area contributed by atoms with Gasteiger partial charge in [0.1, 0.15) is 13.4 Å². The van der Waals surface area contributed by atoms with Crippen LogP contribution in [-0.4, -0.2) is 17.8 Å². The Balaban J connectivity index is 1.57. The van der Waals surface area contributed by atoms with Gasteiger partial charge in [-0.3, -0.25) is 4.98 Å². The van der Waals surface area contributed by atoms with Crippen LogP contribution < -0.4 is 0 Å². The molecule has 1 aliphatic carbocycles. The first-order valence-electron chi connectivity index (χ1n) is 10.9. The van der Waals surface area contributed by atoms with Gasteiger partial charge in [-0.05, 0) is 45.9 Å². The van der Waals surface area contributed by atoms with Gasteiger partial charge >= 0.3 is 0 Å². The topological polar surface area (TPSA) is 38.9 Å². The highest BCUT2D eigenvalue weighted by Gasteiger charge is 2.29. The maximum Gasteiger partial charge on any atom is 0.227 e. The fourth-order valence-electron chi connectivity index (χ4n) is 5.18. The Hall–Kier alpha value is -3.14. The van der Waals surface area contributed by atoms with Gasteiger partial charge in [0.2, 0.25) is 5.71 Å². The molecule has 3 nitrogen and oxygen atoms in total. The van der Waals surface area contributed by atoms with Crippen LogP contribution in [0, 0.1) is 0 Å². The molecule has 0 N–H and O–H groups in total. The number of pyridine rings is 2. The van der Waals surface area contributed by atoms with Crippen molar-refractivity contribution in [3.8, 4) is 11.3 Å². The van der Waals surface area contributed by atoms with E-state index in [2.05, 4.69) is 67.6 Å². The van der Waals surface area contributed by atoms with Gasteiger partial charge in [-0.2, -0.15) is 0 Å². The summed E-state index contributed by atoms with van der Waals surface area (Å²) in [6.45, 7) is 0. The van der Waals surface area contributed by atoms with Crippen molar-refractivity contribution in [3.63, 3.8) is 0 Å². The summed E-state index contributed by atoms with van der Waals surface area (Å²) in [5.74, 6) is 0. The predicted octanol–water partition coefficient (Wildman–Crippen LogP) is 5.99. The third kappa shape index (κ3) is 2.67. The molecule has 0 bridgehead atoms. The smallest absolute Gasteiger partial charge is 0.227 e. The molecule has 0 unspecified atom stereocenters. The average molecular weight is 390 g/mol. The molecule has 0 saturated heterocycles. The van der Waals surface area contributed by atoms with Crippen LogP contribution in [0.3, 0.4) is 0 Å². The summed E-state index contributed by atoms with van der Waals surface area (Å²) in [4.78, 5) is 9.37. The van der Waals surface area contributed by atoms with E-state index < -0.39 is 0 Å². The first-order chi connectivity index (χ1) is 14.7. The highest BCUT2D eigenvalue weighted by atomic mass is 16.3. The normalized spacial score (nSPS) is 16.4. The van der Waals surface area contributed by atoms with Gasteiger partial charge in [-0.1, -0.05) is 62.4 Å². The number of hydrogen-bond donors (Lipinski definition) is 0. The molecule has 3 aromatic heterocycles. The number of fused-ring (bicyclic) bond motifs is 5. The lowest BCUT2D eigenvalue weighted by Gasteiger charge is -2.34. The van der Waals surface area contributed by atoms with Gasteiger partial charge in [0, 0.05) is 28.7 Å². The predicted molar refractivity (Wildman–Crippen MR) is 126 cm³/mol. The molecule has 2 aromatic carbocycles. The quantitative estimate of drug-likeness (QED) is 0.348. The van der Waals surface area contributed by atoms with E-state index in [1.165, 1.54) is 48.4 Å². The molecule has 30 heavy (non-hydrogen) atoms. The molecule has 5 aromatic rings. The van der Waals surface area contributed by atoms with E-state index in [1.54, 1.807) is 6.20 Å². The number of aromatic nitrogens is 2. The summed E-state index contributed by atoms with van der Waals surface area (Å²) in [7, 11) is 2.39. The van der Waals surface area contributed by atoms with Crippen molar-refractivity contribution in [3.05, 3.63) is 72.6 Å². The summed E-state index contributed by atoms with van der Waals surface area (Å²) in [6.07, 6.45) is 10.4. The minimum atomic E-state index is 0.256. The molecule has 146 valence electrons. The maximum absolute atomic E-state index is 6.26. The molecular weight excluding hydrogens is 367 g/mol. The van der Waals surface area contributed by atoms with E-state index in [4.69, 9.17) is 9.40 Å². The lowest BCUT2D eigenvalue weighted by molar-refractivity contribution is 0.397. The Labute approximate surface area is 176 Å². The average Bonchev–Trinajstić information content (AvgIpc) is 3.19. The third-order valence-corrected chi connectivity index (χ3v) is 6.93. The van der Waals surface area contributed by atoms with Crippen molar-refractivity contribution in [1.29, 1.82) is 0 Å². The Bertz CT molecular complexity index is 1380. The van der Waals surface area contributed by atoms with E-state index in [9.17, 15) is 0 Å². The molecule has 0 atom stereocenters.